The maximum absolute atomic E-state index is 11.4. The van der Waals surface area contributed by atoms with Crippen molar-refractivity contribution in [2.75, 3.05) is 0 Å². The fourth-order valence-electron chi connectivity index (χ4n) is 1.42. The summed E-state index contributed by atoms with van der Waals surface area (Å²) >= 11 is 6.77. The average molecular weight is 333 g/mol. The average Bonchev–Trinajstić information content (AvgIpc) is 2.60. The zero-order valence-electron chi connectivity index (χ0n) is 7.47. The number of halogens is 2. The van der Waals surface area contributed by atoms with Crippen LogP contribution in [-0.2, 0) is 0 Å². The number of carbonyl (C=O) groups is 1. The van der Waals surface area contributed by atoms with Gasteiger partial charge in [-0.05, 0) is 28.1 Å². The fourth-order valence-corrected chi connectivity index (χ4v) is 2.76. The first-order chi connectivity index (χ1) is 7.13. The van der Waals surface area contributed by atoms with Crippen molar-refractivity contribution < 1.29 is 4.79 Å². The van der Waals surface area contributed by atoms with Crippen molar-refractivity contribution in [2.45, 2.75) is 0 Å². The van der Waals surface area contributed by atoms with Gasteiger partial charge in [0.2, 0.25) is 0 Å². The standard InChI is InChI=1S/C9H7Br2N3O/c10-4-1-5-6(9(15)14-12)3-13-8(5)7(11)2-4/h1-3,13H,12H2,(H,14,15). The van der Waals surface area contributed by atoms with Gasteiger partial charge in [0.15, 0.2) is 0 Å². The second-order valence-electron chi connectivity index (χ2n) is 2.99. The van der Waals surface area contributed by atoms with E-state index in [4.69, 9.17) is 5.84 Å². The lowest BCUT2D eigenvalue weighted by atomic mass is 10.2. The third kappa shape index (κ3) is 1.80. The number of H-pyrrole nitrogens is 1. The Labute approximate surface area is 102 Å². The molecular weight excluding hydrogens is 326 g/mol. The third-order valence-electron chi connectivity index (χ3n) is 2.08. The number of rotatable bonds is 1. The Bertz CT molecular complexity index is 535. The Balaban J connectivity index is 2.74. The molecule has 6 heteroatoms. The lowest BCUT2D eigenvalue weighted by Gasteiger charge is -1.99. The molecule has 0 saturated carbocycles. The number of hydrazine groups is 1. The molecule has 0 fully saturated rings. The summed E-state index contributed by atoms with van der Waals surface area (Å²) in [6, 6.07) is 3.77. The molecular formula is C9H7Br2N3O. The number of aromatic amines is 1. The summed E-state index contributed by atoms with van der Waals surface area (Å²) in [5.41, 5.74) is 3.50. The highest BCUT2D eigenvalue weighted by molar-refractivity contribution is 9.11. The lowest BCUT2D eigenvalue weighted by Crippen LogP contribution is -2.29. The molecule has 0 radical (unpaired) electrons. The van der Waals surface area contributed by atoms with Crippen molar-refractivity contribution in [2.24, 2.45) is 5.84 Å². The summed E-state index contributed by atoms with van der Waals surface area (Å²) in [6.07, 6.45) is 1.63. The van der Waals surface area contributed by atoms with Crippen molar-refractivity contribution in [3.05, 3.63) is 32.8 Å². The number of amides is 1. The minimum absolute atomic E-state index is 0.314. The van der Waals surface area contributed by atoms with Crippen LogP contribution >= 0.6 is 31.9 Å². The third-order valence-corrected chi connectivity index (χ3v) is 3.16. The monoisotopic (exact) mass is 331 g/mol. The van der Waals surface area contributed by atoms with E-state index in [0.29, 0.717) is 5.56 Å². The smallest absolute Gasteiger partial charge is 0.267 e. The van der Waals surface area contributed by atoms with Crippen molar-refractivity contribution in [1.82, 2.24) is 10.4 Å². The maximum atomic E-state index is 11.4. The summed E-state index contributed by atoms with van der Waals surface area (Å²) < 4.78 is 1.79. The molecule has 4 nitrogen and oxygen atoms in total. The molecule has 4 N–H and O–H groups in total. The molecule has 2 aromatic rings. The van der Waals surface area contributed by atoms with Crippen LogP contribution in [0.5, 0.6) is 0 Å². The van der Waals surface area contributed by atoms with Gasteiger partial charge in [-0.15, -0.1) is 0 Å². The van der Waals surface area contributed by atoms with E-state index in [0.717, 1.165) is 19.8 Å². The van der Waals surface area contributed by atoms with E-state index in [1.807, 2.05) is 12.1 Å². The van der Waals surface area contributed by atoms with Crippen LogP contribution in [0.1, 0.15) is 10.4 Å². The summed E-state index contributed by atoms with van der Waals surface area (Å²) in [7, 11) is 0. The molecule has 0 aliphatic rings. The van der Waals surface area contributed by atoms with Crippen LogP contribution in [0.25, 0.3) is 10.9 Å². The van der Waals surface area contributed by atoms with Crippen LogP contribution < -0.4 is 11.3 Å². The number of fused-ring (bicyclic) bond motifs is 1. The Kier molecular flexibility index (Phi) is 2.81. The number of aromatic nitrogens is 1. The zero-order chi connectivity index (χ0) is 11.0. The van der Waals surface area contributed by atoms with Crippen molar-refractivity contribution in [3.63, 3.8) is 0 Å². The Morgan fingerprint density at radius 1 is 1.40 bits per heavy atom. The molecule has 0 saturated heterocycles. The van der Waals surface area contributed by atoms with Gasteiger partial charge in [-0.3, -0.25) is 10.2 Å². The van der Waals surface area contributed by atoms with Crippen molar-refractivity contribution in [3.8, 4) is 0 Å². The SMILES string of the molecule is NNC(=O)c1c[nH]c2c(Br)cc(Br)cc12. The molecule has 2 rings (SSSR count). The first kappa shape index (κ1) is 10.7. The van der Waals surface area contributed by atoms with Gasteiger partial charge in [-0.2, -0.15) is 0 Å². The maximum Gasteiger partial charge on any atom is 0.267 e. The van der Waals surface area contributed by atoms with Gasteiger partial charge < -0.3 is 4.98 Å². The van der Waals surface area contributed by atoms with Crippen LogP contribution in [-0.4, -0.2) is 10.9 Å². The first-order valence-corrected chi connectivity index (χ1v) is 5.69. The number of benzene rings is 1. The Hall–Kier alpha value is -0.850. The normalized spacial score (nSPS) is 10.6. The van der Waals surface area contributed by atoms with E-state index < -0.39 is 0 Å². The predicted octanol–water partition coefficient (Wildman–Crippen LogP) is 2.30. The highest BCUT2D eigenvalue weighted by atomic mass is 79.9. The highest BCUT2D eigenvalue weighted by Crippen LogP contribution is 2.29. The second kappa shape index (κ2) is 3.96. The largest absolute Gasteiger partial charge is 0.359 e. The molecule has 0 bridgehead atoms. The summed E-state index contributed by atoms with van der Waals surface area (Å²) in [6.45, 7) is 0. The Morgan fingerprint density at radius 3 is 2.80 bits per heavy atom. The number of carbonyl (C=O) groups excluding carboxylic acids is 1. The first-order valence-electron chi connectivity index (χ1n) is 4.10. The van der Waals surface area contributed by atoms with Crippen LogP contribution in [0, 0.1) is 0 Å². The van der Waals surface area contributed by atoms with E-state index in [9.17, 15) is 4.79 Å². The number of nitrogens with two attached hydrogens (primary N) is 1. The molecule has 0 aliphatic heterocycles. The van der Waals surface area contributed by atoms with Crippen molar-refractivity contribution >= 4 is 48.7 Å². The summed E-state index contributed by atoms with van der Waals surface area (Å²) in [4.78, 5) is 14.4. The van der Waals surface area contributed by atoms with Gasteiger partial charge in [-0.25, -0.2) is 5.84 Å². The number of nitrogen functional groups attached to an aromatic ring is 1. The lowest BCUT2D eigenvalue weighted by molar-refractivity contribution is 0.0955. The van der Waals surface area contributed by atoms with Crippen LogP contribution in [0.3, 0.4) is 0 Å². The second-order valence-corrected chi connectivity index (χ2v) is 4.76. The molecule has 0 unspecified atom stereocenters. The topological polar surface area (TPSA) is 70.9 Å². The van der Waals surface area contributed by atoms with Gasteiger partial charge in [0.1, 0.15) is 0 Å². The summed E-state index contributed by atoms with van der Waals surface area (Å²) in [5, 5.41) is 0.819. The number of hydrogen-bond donors (Lipinski definition) is 3. The van der Waals surface area contributed by atoms with Gasteiger partial charge in [0.05, 0.1) is 11.1 Å². The van der Waals surface area contributed by atoms with Crippen LogP contribution in [0.15, 0.2) is 27.3 Å². The van der Waals surface area contributed by atoms with Gasteiger partial charge in [0, 0.05) is 20.5 Å². The van der Waals surface area contributed by atoms with E-state index >= 15 is 0 Å². The van der Waals surface area contributed by atoms with Gasteiger partial charge in [0.25, 0.3) is 5.91 Å². The van der Waals surface area contributed by atoms with Crippen LogP contribution in [0.2, 0.25) is 0 Å². The Morgan fingerprint density at radius 2 is 2.13 bits per heavy atom. The number of nitrogens with one attached hydrogen (secondary N) is 2. The van der Waals surface area contributed by atoms with Gasteiger partial charge >= 0.3 is 0 Å². The molecule has 1 heterocycles. The molecule has 15 heavy (non-hydrogen) atoms. The van der Waals surface area contributed by atoms with E-state index in [1.165, 1.54) is 0 Å². The minimum atomic E-state index is -0.314. The van der Waals surface area contributed by atoms with E-state index in [2.05, 4.69) is 42.3 Å². The molecule has 1 aromatic heterocycles. The van der Waals surface area contributed by atoms with Crippen molar-refractivity contribution in [1.29, 1.82) is 0 Å². The molecule has 0 aliphatic carbocycles. The van der Waals surface area contributed by atoms with Gasteiger partial charge in [-0.1, -0.05) is 15.9 Å². The van der Waals surface area contributed by atoms with Crippen LogP contribution in [0.4, 0.5) is 0 Å². The molecule has 0 atom stereocenters. The van der Waals surface area contributed by atoms with E-state index in [1.54, 1.807) is 6.20 Å². The molecule has 78 valence electrons. The molecule has 1 aromatic carbocycles. The molecule has 0 spiro atoms. The fraction of sp³-hybridized carbons (Fsp3) is 0. The number of hydrogen-bond acceptors (Lipinski definition) is 2. The summed E-state index contributed by atoms with van der Waals surface area (Å²) in [5.74, 6) is 4.78. The quantitative estimate of drug-likeness (QED) is 0.426. The zero-order valence-corrected chi connectivity index (χ0v) is 10.6. The molecule has 1 amide bonds. The highest BCUT2D eigenvalue weighted by Gasteiger charge is 2.12. The predicted molar refractivity (Wildman–Crippen MR) is 65.4 cm³/mol. The minimum Gasteiger partial charge on any atom is -0.359 e. The van der Waals surface area contributed by atoms with E-state index in [-0.39, 0.29) is 5.91 Å².